The maximum Gasteiger partial charge on any atom is 0.326 e. The van der Waals surface area contributed by atoms with Gasteiger partial charge in [0.25, 0.3) is 0 Å². The van der Waals surface area contributed by atoms with E-state index in [0.29, 0.717) is 18.9 Å². The number of carboxylic acids is 1. The number of aliphatic carboxylic acids is 1. The van der Waals surface area contributed by atoms with Crippen molar-refractivity contribution >= 4 is 12.0 Å². The monoisotopic (exact) mass is 282 g/mol. The van der Waals surface area contributed by atoms with Crippen molar-refractivity contribution in [1.29, 1.82) is 0 Å². The highest BCUT2D eigenvalue weighted by atomic mass is 16.4. The van der Waals surface area contributed by atoms with Crippen molar-refractivity contribution in [2.24, 2.45) is 17.8 Å². The molecule has 5 nitrogen and oxygen atoms in total. The van der Waals surface area contributed by atoms with Crippen LogP contribution in [0.25, 0.3) is 0 Å². The van der Waals surface area contributed by atoms with Crippen LogP contribution < -0.4 is 10.6 Å². The molecule has 0 radical (unpaired) electrons. The predicted octanol–water partition coefficient (Wildman–Crippen LogP) is 2.37. The molecule has 2 rings (SSSR count). The van der Waals surface area contributed by atoms with Gasteiger partial charge in [0.1, 0.15) is 6.04 Å². The molecule has 0 aromatic rings. The molecular formula is C15H26N2O3. The highest BCUT2D eigenvalue weighted by molar-refractivity contribution is 5.82. The van der Waals surface area contributed by atoms with Gasteiger partial charge < -0.3 is 15.7 Å². The molecule has 1 atom stereocenters. The summed E-state index contributed by atoms with van der Waals surface area (Å²) in [7, 11) is 0. The van der Waals surface area contributed by atoms with E-state index >= 15 is 0 Å². The highest BCUT2D eigenvalue weighted by Gasteiger charge is 2.41. The van der Waals surface area contributed by atoms with Gasteiger partial charge in [-0.25, -0.2) is 9.59 Å². The van der Waals surface area contributed by atoms with Gasteiger partial charge in [-0.1, -0.05) is 19.8 Å². The molecule has 0 aromatic heterocycles. The molecule has 3 N–H and O–H groups in total. The van der Waals surface area contributed by atoms with Gasteiger partial charge in [-0.05, 0) is 49.9 Å². The number of carboxylic acid groups (broad SMARTS) is 1. The second-order valence-corrected chi connectivity index (χ2v) is 6.23. The van der Waals surface area contributed by atoms with Crippen LogP contribution in [0.2, 0.25) is 0 Å². The molecule has 20 heavy (non-hydrogen) atoms. The van der Waals surface area contributed by atoms with E-state index in [1.165, 1.54) is 25.7 Å². The molecule has 114 valence electrons. The molecule has 2 amide bonds. The smallest absolute Gasteiger partial charge is 0.326 e. The van der Waals surface area contributed by atoms with Crippen molar-refractivity contribution in [2.75, 3.05) is 6.54 Å². The first-order valence-corrected chi connectivity index (χ1v) is 7.89. The van der Waals surface area contributed by atoms with Crippen molar-refractivity contribution in [2.45, 2.75) is 57.9 Å². The van der Waals surface area contributed by atoms with E-state index in [-0.39, 0.29) is 6.03 Å². The first kappa shape index (κ1) is 15.1. The first-order chi connectivity index (χ1) is 9.61. The molecule has 0 bridgehead atoms. The number of hydrogen-bond donors (Lipinski definition) is 3. The van der Waals surface area contributed by atoms with Crippen molar-refractivity contribution in [3.8, 4) is 0 Å². The largest absolute Gasteiger partial charge is 0.480 e. The lowest BCUT2D eigenvalue weighted by molar-refractivity contribution is -0.139. The van der Waals surface area contributed by atoms with Crippen LogP contribution in [0.15, 0.2) is 0 Å². The summed E-state index contributed by atoms with van der Waals surface area (Å²) in [5.74, 6) is 1.24. The van der Waals surface area contributed by atoms with Crippen molar-refractivity contribution < 1.29 is 14.7 Å². The average Bonchev–Trinajstić information content (AvgIpc) is 3.26. The maximum absolute atomic E-state index is 11.8. The van der Waals surface area contributed by atoms with Crippen LogP contribution in [-0.2, 0) is 4.79 Å². The Morgan fingerprint density at radius 2 is 1.80 bits per heavy atom. The Balaban J connectivity index is 1.71. The lowest BCUT2D eigenvalue weighted by atomic mass is 9.98. The number of hydrogen-bond acceptors (Lipinski definition) is 2. The fourth-order valence-corrected chi connectivity index (χ4v) is 2.85. The Morgan fingerprint density at radius 1 is 1.20 bits per heavy atom. The summed E-state index contributed by atoms with van der Waals surface area (Å²) in [5.41, 5.74) is 0. The Morgan fingerprint density at radius 3 is 2.25 bits per heavy atom. The van der Waals surface area contributed by atoms with Gasteiger partial charge in [0.15, 0.2) is 0 Å². The van der Waals surface area contributed by atoms with Crippen molar-refractivity contribution in [1.82, 2.24) is 10.6 Å². The minimum atomic E-state index is -0.950. The van der Waals surface area contributed by atoms with Gasteiger partial charge in [0.2, 0.25) is 0 Å². The second-order valence-electron chi connectivity index (χ2n) is 6.23. The van der Waals surface area contributed by atoms with Crippen LogP contribution in [0.5, 0.6) is 0 Å². The summed E-state index contributed by atoms with van der Waals surface area (Å²) in [5, 5.41) is 14.5. The van der Waals surface area contributed by atoms with E-state index < -0.39 is 12.0 Å². The maximum atomic E-state index is 11.8. The Labute approximate surface area is 120 Å². The van der Waals surface area contributed by atoms with E-state index in [1.807, 2.05) is 6.92 Å². The Bertz CT molecular complexity index is 339. The summed E-state index contributed by atoms with van der Waals surface area (Å²) >= 11 is 0. The molecule has 2 fully saturated rings. The molecule has 0 saturated heterocycles. The summed E-state index contributed by atoms with van der Waals surface area (Å²) in [4.78, 5) is 22.9. The average molecular weight is 282 g/mol. The zero-order chi connectivity index (χ0) is 14.5. The Hall–Kier alpha value is -1.26. The molecule has 0 unspecified atom stereocenters. The molecule has 2 saturated carbocycles. The number of carbonyl (C=O) groups is 2. The van der Waals surface area contributed by atoms with E-state index in [9.17, 15) is 9.59 Å². The third-order valence-electron chi connectivity index (χ3n) is 4.40. The van der Waals surface area contributed by atoms with Crippen LogP contribution in [0.3, 0.4) is 0 Å². The van der Waals surface area contributed by atoms with E-state index in [4.69, 9.17) is 5.11 Å². The standard InChI is InChI=1S/C15H26N2O3/c1-2-3-4-13(14(18)19)17-15(20)16-9-12(10-5-6-10)11-7-8-11/h10-13H,2-9H2,1H3,(H,18,19)(H2,16,17,20)/t13-/m0/s1. The van der Waals surface area contributed by atoms with Crippen LogP contribution in [0.1, 0.15) is 51.9 Å². The number of amides is 2. The summed E-state index contributed by atoms with van der Waals surface area (Å²) in [6, 6.07) is -1.10. The van der Waals surface area contributed by atoms with Crippen molar-refractivity contribution in [3.05, 3.63) is 0 Å². The molecule has 2 aliphatic rings. The predicted molar refractivity (Wildman–Crippen MR) is 76.4 cm³/mol. The third-order valence-corrected chi connectivity index (χ3v) is 4.40. The molecule has 5 heteroatoms. The molecule has 0 spiro atoms. The first-order valence-electron chi connectivity index (χ1n) is 7.89. The zero-order valence-corrected chi connectivity index (χ0v) is 12.2. The summed E-state index contributed by atoms with van der Waals surface area (Å²) in [6.07, 6.45) is 7.39. The third kappa shape index (κ3) is 4.69. The topological polar surface area (TPSA) is 78.4 Å². The molecular weight excluding hydrogens is 256 g/mol. The van der Waals surface area contributed by atoms with E-state index in [0.717, 1.165) is 24.7 Å². The SMILES string of the molecule is CCCC[C@H](NC(=O)NCC(C1CC1)C1CC1)C(=O)O. The minimum absolute atomic E-state index is 0.334. The van der Waals surface area contributed by atoms with Crippen LogP contribution in [-0.4, -0.2) is 29.7 Å². The van der Waals surface area contributed by atoms with Gasteiger partial charge in [-0.2, -0.15) is 0 Å². The van der Waals surface area contributed by atoms with Crippen LogP contribution >= 0.6 is 0 Å². The highest BCUT2D eigenvalue weighted by Crippen LogP contribution is 2.48. The number of rotatable bonds is 9. The summed E-state index contributed by atoms with van der Waals surface area (Å²) < 4.78 is 0. The van der Waals surface area contributed by atoms with Crippen LogP contribution in [0, 0.1) is 17.8 Å². The zero-order valence-electron chi connectivity index (χ0n) is 12.2. The number of urea groups is 1. The molecule has 0 aromatic carbocycles. The second kappa shape index (κ2) is 6.95. The van der Waals surface area contributed by atoms with Gasteiger partial charge in [-0.3, -0.25) is 0 Å². The van der Waals surface area contributed by atoms with Crippen LogP contribution in [0.4, 0.5) is 4.79 Å². The van der Waals surface area contributed by atoms with Gasteiger partial charge >= 0.3 is 12.0 Å². The molecule has 2 aliphatic carbocycles. The summed E-state index contributed by atoms with van der Waals surface area (Å²) in [6.45, 7) is 2.70. The number of unbranched alkanes of at least 4 members (excludes halogenated alkanes) is 1. The van der Waals surface area contributed by atoms with E-state index in [2.05, 4.69) is 10.6 Å². The normalized spacial score (nSPS) is 19.7. The Kier molecular flexibility index (Phi) is 5.26. The fraction of sp³-hybridized carbons (Fsp3) is 0.867. The van der Waals surface area contributed by atoms with Gasteiger partial charge in [0.05, 0.1) is 0 Å². The number of carbonyl (C=O) groups excluding carboxylic acids is 1. The lowest BCUT2D eigenvalue weighted by Crippen LogP contribution is -2.47. The van der Waals surface area contributed by atoms with Crippen molar-refractivity contribution in [3.63, 3.8) is 0 Å². The van der Waals surface area contributed by atoms with Gasteiger partial charge in [-0.15, -0.1) is 0 Å². The van der Waals surface area contributed by atoms with E-state index in [1.54, 1.807) is 0 Å². The number of nitrogens with one attached hydrogen (secondary N) is 2. The molecule has 0 aliphatic heterocycles. The lowest BCUT2D eigenvalue weighted by Gasteiger charge is -2.18. The van der Waals surface area contributed by atoms with Gasteiger partial charge in [0, 0.05) is 6.54 Å². The fourth-order valence-electron chi connectivity index (χ4n) is 2.85. The molecule has 0 heterocycles. The quantitative estimate of drug-likeness (QED) is 0.607. The minimum Gasteiger partial charge on any atom is -0.480 e.